The van der Waals surface area contributed by atoms with Crippen LogP contribution >= 0.6 is 0 Å². The van der Waals surface area contributed by atoms with Crippen molar-refractivity contribution in [2.24, 2.45) is 5.92 Å². The summed E-state index contributed by atoms with van der Waals surface area (Å²) in [5.41, 5.74) is 0. The number of nitrogens with zero attached hydrogens (tertiary/aromatic N) is 1. The van der Waals surface area contributed by atoms with E-state index < -0.39 is 0 Å². The molecule has 84 valence electrons. The van der Waals surface area contributed by atoms with Crippen LogP contribution in [0.15, 0.2) is 0 Å². The maximum atomic E-state index is 3.58. The molecule has 0 aliphatic carbocycles. The third-order valence-corrected chi connectivity index (χ3v) is 2.98. The first kappa shape index (κ1) is 12.0. The molecule has 0 saturated carbocycles. The van der Waals surface area contributed by atoms with Gasteiger partial charge in [-0.25, -0.2) is 0 Å². The standard InChI is InChI=1S/C12H26N2/c1-5-6-14-9-11(4)13-8-12(14)7-10(2)3/h10-13H,5-9H2,1-4H3. The molecular formula is C12H26N2. The van der Waals surface area contributed by atoms with Gasteiger partial charge in [0.1, 0.15) is 0 Å². The van der Waals surface area contributed by atoms with Gasteiger partial charge in [-0.3, -0.25) is 4.90 Å². The van der Waals surface area contributed by atoms with Gasteiger partial charge < -0.3 is 5.32 Å². The molecule has 0 spiro atoms. The van der Waals surface area contributed by atoms with E-state index in [4.69, 9.17) is 0 Å². The summed E-state index contributed by atoms with van der Waals surface area (Å²) < 4.78 is 0. The molecule has 0 aromatic heterocycles. The largest absolute Gasteiger partial charge is 0.311 e. The van der Waals surface area contributed by atoms with Crippen molar-refractivity contribution in [2.75, 3.05) is 19.6 Å². The summed E-state index contributed by atoms with van der Waals surface area (Å²) in [6.07, 6.45) is 2.61. The zero-order valence-electron chi connectivity index (χ0n) is 10.2. The first-order chi connectivity index (χ1) is 6.63. The summed E-state index contributed by atoms with van der Waals surface area (Å²) in [6, 6.07) is 1.44. The van der Waals surface area contributed by atoms with Gasteiger partial charge in [0.2, 0.25) is 0 Å². The quantitative estimate of drug-likeness (QED) is 0.744. The number of rotatable bonds is 4. The highest BCUT2D eigenvalue weighted by Gasteiger charge is 2.25. The highest BCUT2D eigenvalue weighted by molar-refractivity contribution is 4.84. The van der Waals surface area contributed by atoms with Crippen LogP contribution in [0.25, 0.3) is 0 Å². The van der Waals surface area contributed by atoms with Crippen molar-refractivity contribution in [3.8, 4) is 0 Å². The molecule has 0 amide bonds. The lowest BCUT2D eigenvalue weighted by atomic mass is 9.99. The lowest BCUT2D eigenvalue weighted by Gasteiger charge is -2.40. The second-order valence-corrected chi connectivity index (χ2v) is 5.09. The minimum absolute atomic E-state index is 0.671. The number of hydrogen-bond acceptors (Lipinski definition) is 2. The first-order valence-electron chi connectivity index (χ1n) is 6.11. The lowest BCUT2D eigenvalue weighted by Crippen LogP contribution is -2.55. The van der Waals surface area contributed by atoms with E-state index in [1.54, 1.807) is 0 Å². The van der Waals surface area contributed by atoms with E-state index in [0.29, 0.717) is 6.04 Å². The summed E-state index contributed by atoms with van der Waals surface area (Å²) >= 11 is 0. The van der Waals surface area contributed by atoms with Crippen molar-refractivity contribution in [1.29, 1.82) is 0 Å². The lowest BCUT2D eigenvalue weighted by molar-refractivity contribution is 0.119. The topological polar surface area (TPSA) is 15.3 Å². The molecule has 2 heteroatoms. The number of piperazine rings is 1. The van der Waals surface area contributed by atoms with Crippen LogP contribution in [-0.2, 0) is 0 Å². The summed E-state index contributed by atoms with van der Waals surface area (Å²) in [4.78, 5) is 2.67. The minimum Gasteiger partial charge on any atom is -0.311 e. The molecule has 2 unspecified atom stereocenters. The van der Waals surface area contributed by atoms with E-state index in [9.17, 15) is 0 Å². The van der Waals surface area contributed by atoms with Crippen LogP contribution in [0.1, 0.15) is 40.5 Å². The van der Waals surface area contributed by atoms with Crippen LogP contribution in [0, 0.1) is 5.92 Å². The van der Waals surface area contributed by atoms with Crippen molar-refractivity contribution >= 4 is 0 Å². The highest BCUT2D eigenvalue weighted by atomic mass is 15.2. The van der Waals surface area contributed by atoms with E-state index in [2.05, 4.69) is 37.9 Å². The van der Waals surface area contributed by atoms with Gasteiger partial charge in [0.15, 0.2) is 0 Å². The molecular weight excluding hydrogens is 172 g/mol. The highest BCUT2D eigenvalue weighted by Crippen LogP contribution is 2.15. The van der Waals surface area contributed by atoms with Crippen LogP contribution < -0.4 is 5.32 Å². The van der Waals surface area contributed by atoms with Crippen LogP contribution in [0.2, 0.25) is 0 Å². The van der Waals surface area contributed by atoms with Gasteiger partial charge in [-0.05, 0) is 32.2 Å². The summed E-state index contributed by atoms with van der Waals surface area (Å²) in [5, 5.41) is 3.58. The Bertz CT molecular complexity index is 154. The van der Waals surface area contributed by atoms with Crippen LogP contribution in [0.5, 0.6) is 0 Å². The zero-order valence-corrected chi connectivity index (χ0v) is 10.2. The molecule has 1 rings (SSSR count). The third-order valence-electron chi connectivity index (χ3n) is 2.98. The number of nitrogens with one attached hydrogen (secondary N) is 1. The Morgan fingerprint density at radius 1 is 1.43 bits per heavy atom. The Labute approximate surface area is 89.1 Å². The van der Waals surface area contributed by atoms with E-state index in [-0.39, 0.29) is 0 Å². The fourth-order valence-corrected chi connectivity index (χ4v) is 2.37. The van der Waals surface area contributed by atoms with Crippen molar-refractivity contribution < 1.29 is 0 Å². The predicted molar refractivity (Wildman–Crippen MR) is 62.6 cm³/mol. The first-order valence-corrected chi connectivity index (χ1v) is 6.11. The van der Waals surface area contributed by atoms with E-state index in [1.165, 1.54) is 32.5 Å². The molecule has 0 radical (unpaired) electrons. The van der Waals surface area contributed by atoms with Gasteiger partial charge >= 0.3 is 0 Å². The molecule has 1 N–H and O–H groups in total. The van der Waals surface area contributed by atoms with Crippen molar-refractivity contribution in [3.05, 3.63) is 0 Å². The molecule has 14 heavy (non-hydrogen) atoms. The molecule has 2 nitrogen and oxygen atoms in total. The number of hydrogen-bond donors (Lipinski definition) is 1. The molecule has 0 bridgehead atoms. The molecule has 1 saturated heterocycles. The maximum Gasteiger partial charge on any atom is 0.0223 e. The molecule has 1 aliphatic rings. The summed E-state index contributed by atoms with van der Waals surface area (Å²) in [6.45, 7) is 12.9. The van der Waals surface area contributed by atoms with Gasteiger partial charge in [-0.2, -0.15) is 0 Å². The van der Waals surface area contributed by atoms with E-state index in [0.717, 1.165) is 12.0 Å². The Hall–Kier alpha value is -0.0800. The molecule has 1 heterocycles. The van der Waals surface area contributed by atoms with Gasteiger partial charge in [-0.15, -0.1) is 0 Å². The van der Waals surface area contributed by atoms with Crippen molar-refractivity contribution in [2.45, 2.75) is 52.6 Å². The Morgan fingerprint density at radius 2 is 2.14 bits per heavy atom. The smallest absolute Gasteiger partial charge is 0.0223 e. The van der Waals surface area contributed by atoms with Crippen LogP contribution in [0.4, 0.5) is 0 Å². The Balaban J connectivity index is 2.44. The van der Waals surface area contributed by atoms with Crippen molar-refractivity contribution in [3.63, 3.8) is 0 Å². The fourth-order valence-electron chi connectivity index (χ4n) is 2.37. The summed E-state index contributed by atoms with van der Waals surface area (Å²) in [7, 11) is 0. The monoisotopic (exact) mass is 198 g/mol. The zero-order chi connectivity index (χ0) is 10.6. The maximum absolute atomic E-state index is 3.58. The molecule has 1 aliphatic heterocycles. The average molecular weight is 198 g/mol. The second kappa shape index (κ2) is 5.72. The third kappa shape index (κ3) is 3.58. The van der Waals surface area contributed by atoms with Crippen molar-refractivity contribution in [1.82, 2.24) is 10.2 Å². The van der Waals surface area contributed by atoms with Gasteiger partial charge in [-0.1, -0.05) is 20.8 Å². The molecule has 2 atom stereocenters. The minimum atomic E-state index is 0.671. The summed E-state index contributed by atoms with van der Waals surface area (Å²) in [5.74, 6) is 0.814. The normalized spacial score (nSPS) is 29.8. The SMILES string of the molecule is CCCN1CC(C)NCC1CC(C)C. The van der Waals surface area contributed by atoms with Gasteiger partial charge in [0, 0.05) is 25.2 Å². The second-order valence-electron chi connectivity index (χ2n) is 5.09. The Kier molecular flexibility index (Phi) is 4.90. The van der Waals surface area contributed by atoms with Gasteiger partial charge in [0.05, 0.1) is 0 Å². The predicted octanol–water partition coefficient (Wildman–Crippen LogP) is 2.10. The molecule has 1 fully saturated rings. The fraction of sp³-hybridized carbons (Fsp3) is 1.00. The Morgan fingerprint density at radius 3 is 2.71 bits per heavy atom. The van der Waals surface area contributed by atoms with E-state index >= 15 is 0 Å². The molecule has 0 aromatic carbocycles. The van der Waals surface area contributed by atoms with Gasteiger partial charge in [0.25, 0.3) is 0 Å². The van der Waals surface area contributed by atoms with E-state index in [1.807, 2.05) is 0 Å². The van der Waals surface area contributed by atoms with Crippen LogP contribution in [0.3, 0.4) is 0 Å². The average Bonchev–Trinajstić information content (AvgIpc) is 2.09. The van der Waals surface area contributed by atoms with Crippen LogP contribution in [-0.4, -0.2) is 36.6 Å². The molecule has 0 aromatic rings.